The molecule has 0 aromatic heterocycles. The van der Waals surface area contributed by atoms with Crippen molar-refractivity contribution >= 4 is 30.2 Å². The highest BCUT2D eigenvalue weighted by atomic mass is 32.2. The summed E-state index contributed by atoms with van der Waals surface area (Å²) in [6.07, 6.45) is 1.52. The molecule has 0 spiro atoms. The molecule has 0 rings (SSSR count). The molecule has 146 valence electrons. The molecule has 0 saturated heterocycles. The molecule has 1 amide bonds. The number of carbonyl (C=O) groups excluding carboxylic acids is 3. The van der Waals surface area contributed by atoms with Crippen LogP contribution in [0.2, 0.25) is 0 Å². The Labute approximate surface area is 153 Å². The zero-order valence-corrected chi connectivity index (χ0v) is 15.6. The zero-order valence-electron chi connectivity index (χ0n) is 14.8. The number of rotatable bonds is 18. The van der Waals surface area contributed by atoms with Gasteiger partial charge in [-0.15, -0.1) is 0 Å². The summed E-state index contributed by atoms with van der Waals surface area (Å²) in [5.41, 5.74) is 0. The number of amides is 1. The Kier molecular flexibility index (Phi) is 17.1. The molecule has 0 aromatic carbocycles. The predicted octanol–water partition coefficient (Wildman–Crippen LogP) is -0.266. The fourth-order valence-corrected chi connectivity index (χ4v) is 2.80. The number of aldehydes is 2. The third kappa shape index (κ3) is 16.2. The first-order valence-electron chi connectivity index (χ1n) is 8.48. The molecule has 0 aromatic rings. The Hall–Kier alpha value is -1.00. The van der Waals surface area contributed by atoms with Crippen LogP contribution < -0.4 is 10.6 Å². The van der Waals surface area contributed by atoms with E-state index in [1.54, 1.807) is 0 Å². The third-order valence-corrected chi connectivity index (χ3v) is 4.23. The van der Waals surface area contributed by atoms with Crippen LogP contribution >= 0.6 is 11.8 Å². The van der Waals surface area contributed by atoms with Crippen LogP contribution in [0, 0.1) is 0 Å². The van der Waals surface area contributed by atoms with E-state index in [0.29, 0.717) is 58.1 Å². The van der Waals surface area contributed by atoms with Crippen molar-refractivity contribution in [2.45, 2.75) is 37.7 Å². The Morgan fingerprint density at radius 3 is 2.64 bits per heavy atom. The van der Waals surface area contributed by atoms with Crippen LogP contribution in [0.1, 0.15) is 26.2 Å². The van der Waals surface area contributed by atoms with Gasteiger partial charge in [-0.05, 0) is 6.92 Å². The van der Waals surface area contributed by atoms with Crippen molar-refractivity contribution in [3.63, 3.8) is 0 Å². The smallest absolute Gasteiger partial charge is 0.220 e. The quantitative estimate of drug-likeness (QED) is 0.170. The largest absolute Gasteiger partial charge is 0.379 e. The molecule has 0 aliphatic carbocycles. The number of carbonyl (C=O) groups is 3. The molecule has 8 nitrogen and oxygen atoms in total. The van der Waals surface area contributed by atoms with Crippen LogP contribution in [0.15, 0.2) is 0 Å². The molecule has 0 bridgehead atoms. The molecular weight excluding hydrogens is 348 g/mol. The second kappa shape index (κ2) is 17.8. The van der Waals surface area contributed by atoms with Crippen molar-refractivity contribution in [2.75, 3.05) is 45.3 Å². The highest BCUT2D eigenvalue weighted by molar-refractivity contribution is 8.00. The molecule has 0 saturated carbocycles. The van der Waals surface area contributed by atoms with Crippen molar-refractivity contribution < 1.29 is 29.0 Å². The molecule has 0 aliphatic rings. The van der Waals surface area contributed by atoms with Crippen LogP contribution in [0.5, 0.6) is 0 Å². The molecule has 0 aliphatic heterocycles. The number of nitrogens with one attached hydrogen (secondary N) is 2. The molecule has 25 heavy (non-hydrogen) atoms. The maximum absolute atomic E-state index is 11.7. The molecule has 2 atom stereocenters. The Morgan fingerprint density at radius 1 is 1.20 bits per heavy atom. The average Bonchev–Trinajstić information content (AvgIpc) is 2.60. The number of hydrogen-bond donors (Lipinski definition) is 3. The topological polar surface area (TPSA) is 114 Å². The summed E-state index contributed by atoms with van der Waals surface area (Å²) in [7, 11) is 0. The number of aliphatic hydroxyl groups is 1. The van der Waals surface area contributed by atoms with Gasteiger partial charge in [0, 0.05) is 44.7 Å². The van der Waals surface area contributed by atoms with Gasteiger partial charge in [-0.25, -0.2) is 0 Å². The van der Waals surface area contributed by atoms with E-state index < -0.39 is 11.5 Å². The summed E-state index contributed by atoms with van der Waals surface area (Å²) in [5, 5.41) is 14.8. The monoisotopic (exact) mass is 378 g/mol. The van der Waals surface area contributed by atoms with Crippen molar-refractivity contribution in [1.82, 2.24) is 10.6 Å². The van der Waals surface area contributed by atoms with E-state index in [2.05, 4.69) is 10.6 Å². The van der Waals surface area contributed by atoms with Crippen LogP contribution in [-0.4, -0.2) is 80.3 Å². The standard InChI is InChI=1S/C16H30N2O6S/c1-2-23-9-10-24-8-6-18-15(21)4-11-25-14(13-20)12-16(22)17-5-3-7-19/h7,13-14,16-17,22H,2-6,8-12H2,1H3,(H,18,21). The molecule has 0 fully saturated rings. The van der Waals surface area contributed by atoms with E-state index in [1.165, 1.54) is 11.8 Å². The molecule has 9 heteroatoms. The van der Waals surface area contributed by atoms with Gasteiger partial charge in [-0.2, -0.15) is 11.8 Å². The second-order valence-electron chi connectivity index (χ2n) is 5.12. The summed E-state index contributed by atoms with van der Waals surface area (Å²) < 4.78 is 10.4. The Balaban J connectivity index is 3.65. The van der Waals surface area contributed by atoms with E-state index in [4.69, 9.17) is 9.47 Å². The molecular formula is C16H30N2O6S. The first kappa shape index (κ1) is 24.0. The van der Waals surface area contributed by atoms with E-state index in [1.807, 2.05) is 6.92 Å². The van der Waals surface area contributed by atoms with Gasteiger partial charge in [-0.3, -0.25) is 10.1 Å². The fourth-order valence-electron chi connectivity index (χ4n) is 1.79. The van der Waals surface area contributed by atoms with E-state index in [-0.39, 0.29) is 12.3 Å². The lowest BCUT2D eigenvalue weighted by Crippen LogP contribution is -2.33. The molecule has 3 N–H and O–H groups in total. The molecule has 0 heterocycles. The minimum Gasteiger partial charge on any atom is -0.379 e. The first-order chi connectivity index (χ1) is 12.1. The van der Waals surface area contributed by atoms with E-state index >= 15 is 0 Å². The second-order valence-corrected chi connectivity index (χ2v) is 6.46. The summed E-state index contributed by atoms with van der Waals surface area (Å²) in [4.78, 5) is 32.9. The SMILES string of the molecule is CCOCCOCCNC(=O)CCSC(C=O)CC(O)NCCC=O. The lowest BCUT2D eigenvalue weighted by atomic mass is 10.3. The van der Waals surface area contributed by atoms with E-state index in [9.17, 15) is 19.5 Å². The van der Waals surface area contributed by atoms with Crippen LogP contribution in [-0.2, 0) is 23.9 Å². The van der Waals surface area contributed by atoms with Crippen molar-refractivity contribution in [2.24, 2.45) is 0 Å². The first-order valence-corrected chi connectivity index (χ1v) is 9.53. The highest BCUT2D eigenvalue weighted by Crippen LogP contribution is 2.15. The minimum absolute atomic E-state index is 0.102. The van der Waals surface area contributed by atoms with Crippen molar-refractivity contribution in [3.8, 4) is 0 Å². The van der Waals surface area contributed by atoms with Gasteiger partial charge >= 0.3 is 0 Å². The maximum Gasteiger partial charge on any atom is 0.220 e. The van der Waals surface area contributed by atoms with Gasteiger partial charge in [-0.1, -0.05) is 0 Å². The summed E-state index contributed by atoms with van der Waals surface area (Å²) in [6, 6.07) is 0. The van der Waals surface area contributed by atoms with Gasteiger partial charge in [0.05, 0.1) is 25.1 Å². The van der Waals surface area contributed by atoms with Gasteiger partial charge in [0.15, 0.2) is 0 Å². The normalized spacial score (nSPS) is 13.2. The number of thioether (sulfide) groups is 1. The lowest BCUT2D eigenvalue weighted by molar-refractivity contribution is -0.121. The average molecular weight is 378 g/mol. The van der Waals surface area contributed by atoms with Crippen LogP contribution in [0.25, 0.3) is 0 Å². The fraction of sp³-hybridized carbons (Fsp3) is 0.812. The Morgan fingerprint density at radius 2 is 1.96 bits per heavy atom. The van der Waals surface area contributed by atoms with Crippen LogP contribution in [0.3, 0.4) is 0 Å². The summed E-state index contributed by atoms with van der Waals surface area (Å²) in [6.45, 7) is 4.86. The summed E-state index contributed by atoms with van der Waals surface area (Å²) >= 11 is 1.32. The Bertz CT molecular complexity index is 360. The molecule has 0 radical (unpaired) electrons. The highest BCUT2D eigenvalue weighted by Gasteiger charge is 2.14. The van der Waals surface area contributed by atoms with Gasteiger partial charge < -0.3 is 29.5 Å². The minimum atomic E-state index is -0.842. The predicted molar refractivity (Wildman–Crippen MR) is 96.6 cm³/mol. The van der Waals surface area contributed by atoms with E-state index in [0.717, 1.165) is 12.6 Å². The number of hydrogen-bond acceptors (Lipinski definition) is 8. The summed E-state index contributed by atoms with van der Waals surface area (Å²) in [5.74, 6) is 0.386. The van der Waals surface area contributed by atoms with Gasteiger partial charge in [0.25, 0.3) is 0 Å². The van der Waals surface area contributed by atoms with Crippen molar-refractivity contribution in [3.05, 3.63) is 0 Å². The number of aliphatic hydroxyl groups excluding tert-OH is 1. The lowest BCUT2D eigenvalue weighted by Gasteiger charge is -2.16. The molecule has 2 unspecified atom stereocenters. The van der Waals surface area contributed by atoms with Gasteiger partial charge in [0.2, 0.25) is 5.91 Å². The van der Waals surface area contributed by atoms with Crippen LogP contribution in [0.4, 0.5) is 0 Å². The van der Waals surface area contributed by atoms with Crippen molar-refractivity contribution in [1.29, 1.82) is 0 Å². The van der Waals surface area contributed by atoms with Gasteiger partial charge in [0.1, 0.15) is 18.8 Å². The zero-order chi connectivity index (χ0) is 18.8. The number of ether oxygens (including phenoxy) is 2. The third-order valence-electron chi connectivity index (χ3n) is 3.06. The maximum atomic E-state index is 11.7.